The predicted molar refractivity (Wildman–Crippen MR) is 86.7 cm³/mol. The fourth-order valence-electron chi connectivity index (χ4n) is 1.82. The molecule has 0 aliphatic rings. The average molecular weight is 347 g/mol. The molecule has 0 fully saturated rings. The largest absolute Gasteiger partial charge is 0.493 e. The van der Waals surface area contributed by atoms with Crippen LogP contribution in [-0.2, 0) is 13.2 Å². The van der Waals surface area contributed by atoms with Gasteiger partial charge < -0.3 is 15.2 Å². The SMILES string of the molecule is COc1cc(CN)cc(Cl)c1OCc1ccc(Cl)c(Cl)c1. The standard InChI is InChI=1S/C15H14Cl3NO2/c1-20-14-6-10(7-19)5-13(18)15(14)21-8-9-2-3-11(16)12(17)4-9/h2-6H,7-8,19H2,1H3. The molecule has 0 heterocycles. The highest BCUT2D eigenvalue weighted by atomic mass is 35.5. The molecule has 2 aromatic carbocycles. The summed E-state index contributed by atoms with van der Waals surface area (Å²) in [6.07, 6.45) is 0. The first-order valence-corrected chi connectivity index (χ1v) is 7.31. The van der Waals surface area contributed by atoms with Crippen LogP contribution in [0.4, 0.5) is 0 Å². The summed E-state index contributed by atoms with van der Waals surface area (Å²) in [5.74, 6) is 1.02. The third-order valence-electron chi connectivity index (χ3n) is 2.89. The quantitative estimate of drug-likeness (QED) is 0.854. The highest BCUT2D eigenvalue weighted by Crippen LogP contribution is 2.37. The predicted octanol–water partition coefficient (Wildman–Crippen LogP) is 4.69. The molecule has 2 rings (SSSR count). The maximum Gasteiger partial charge on any atom is 0.180 e. The van der Waals surface area contributed by atoms with Gasteiger partial charge in [-0.1, -0.05) is 40.9 Å². The van der Waals surface area contributed by atoms with Crippen molar-refractivity contribution < 1.29 is 9.47 Å². The second-order valence-electron chi connectivity index (χ2n) is 4.35. The van der Waals surface area contributed by atoms with Crippen molar-refractivity contribution in [2.24, 2.45) is 5.73 Å². The maximum atomic E-state index is 6.21. The van der Waals surface area contributed by atoms with E-state index >= 15 is 0 Å². The van der Waals surface area contributed by atoms with E-state index < -0.39 is 0 Å². The summed E-state index contributed by atoms with van der Waals surface area (Å²) in [5, 5.41) is 1.44. The Balaban J connectivity index is 2.21. The third kappa shape index (κ3) is 3.95. The van der Waals surface area contributed by atoms with E-state index in [-0.39, 0.29) is 0 Å². The topological polar surface area (TPSA) is 44.5 Å². The highest BCUT2D eigenvalue weighted by molar-refractivity contribution is 6.42. The second-order valence-corrected chi connectivity index (χ2v) is 5.57. The van der Waals surface area contributed by atoms with Gasteiger partial charge in [0.15, 0.2) is 11.5 Å². The summed E-state index contributed by atoms with van der Waals surface area (Å²) >= 11 is 18.1. The van der Waals surface area contributed by atoms with Crippen molar-refractivity contribution >= 4 is 34.8 Å². The van der Waals surface area contributed by atoms with Gasteiger partial charge in [0.25, 0.3) is 0 Å². The minimum Gasteiger partial charge on any atom is -0.493 e. The Labute approximate surface area is 138 Å². The Bertz CT molecular complexity index is 647. The molecular formula is C15H14Cl3NO2. The normalized spacial score (nSPS) is 10.5. The smallest absolute Gasteiger partial charge is 0.180 e. The van der Waals surface area contributed by atoms with Crippen molar-refractivity contribution in [2.75, 3.05) is 7.11 Å². The van der Waals surface area contributed by atoms with Gasteiger partial charge in [-0.3, -0.25) is 0 Å². The first kappa shape index (κ1) is 16.2. The number of ether oxygens (including phenoxy) is 2. The first-order valence-electron chi connectivity index (χ1n) is 6.18. The van der Waals surface area contributed by atoms with Gasteiger partial charge >= 0.3 is 0 Å². The third-order valence-corrected chi connectivity index (χ3v) is 3.91. The minimum absolute atomic E-state index is 0.301. The molecule has 6 heteroatoms. The van der Waals surface area contributed by atoms with Gasteiger partial charge in [0.2, 0.25) is 0 Å². The zero-order valence-electron chi connectivity index (χ0n) is 11.3. The zero-order chi connectivity index (χ0) is 15.4. The van der Waals surface area contributed by atoms with Crippen LogP contribution in [0, 0.1) is 0 Å². The van der Waals surface area contributed by atoms with E-state index in [2.05, 4.69) is 0 Å². The van der Waals surface area contributed by atoms with Crippen LogP contribution in [0.3, 0.4) is 0 Å². The van der Waals surface area contributed by atoms with E-state index in [1.165, 1.54) is 0 Å². The van der Waals surface area contributed by atoms with Gasteiger partial charge in [-0.15, -0.1) is 0 Å². The van der Waals surface area contributed by atoms with Crippen molar-refractivity contribution in [3.63, 3.8) is 0 Å². The lowest BCUT2D eigenvalue weighted by molar-refractivity contribution is 0.284. The molecule has 0 spiro atoms. The number of rotatable bonds is 5. The van der Waals surface area contributed by atoms with Crippen LogP contribution in [0.1, 0.15) is 11.1 Å². The fourth-order valence-corrected chi connectivity index (χ4v) is 2.42. The van der Waals surface area contributed by atoms with Crippen molar-refractivity contribution in [3.8, 4) is 11.5 Å². The van der Waals surface area contributed by atoms with Crippen molar-refractivity contribution in [1.82, 2.24) is 0 Å². The lowest BCUT2D eigenvalue weighted by atomic mass is 10.2. The molecule has 112 valence electrons. The average Bonchev–Trinajstić information content (AvgIpc) is 2.48. The molecule has 0 aliphatic heterocycles. The van der Waals surface area contributed by atoms with E-state index in [0.717, 1.165) is 11.1 Å². The summed E-state index contributed by atoms with van der Waals surface area (Å²) in [4.78, 5) is 0. The van der Waals surface area contributed by atoms with Crippen molar-refractivity contribution in [3.05, 3.63) is 56.5 Å². The van der Waals surface area contributed by atoms with E-state index in [1.54, 1.807) is 31.4 Å². The number of methoxy groups -OCH3 is 1. The van der Waals surface area contributed by atoms with Crippen molar-refractivity contribution in [1.29, 1.82) is 0 Å². The Morgan fingerprint density at radius 3 is 2.29 bits per heavy atom. The highest BCUT2D eigenvalue weighted by Gasteiger charge is 2.12. The Kier molecular flexibility index (Phi) is 5.59. The Morgan fingerprint density at radius 1 is 0.952 bits per heavy atom. The van der Waals surface area contributed by atoms with E-state index in [1.807, 2.05) is 6.07 Å². The van der Waals surface area contributed by atoms with E-state index in [0.29, 0.717) is 39.7 Å². The van der Waals surface area contributed by atoms with E-state index in [9.17, 15) is 0 Å². The molecule has 0 radical (unpaired) electrons. The van der Waals surface area contributed by atoms with Gasteiger partial charge in [-0.05, 0) is 35.4 Å². The van der Waals surface area contributed by atoms with Crippen LogP contribution in [0.25, 0.3) is 0 Å². The molecule has 0 aromatic heterocycles. The molecule has 0 aliphatic carbocycles. The second kappa shape index (κ2) is 7.23. The molecule has 3 nitrogen and oxygen atoms in total. The zero-order valence-corrected chi connectivity index (χ0v) is 13.6. The summed E-state index contributed by atoms with van der Waals surface area (Å²) in [6.45, 7) is 0.679. The molecule has 0 atom stereocenters. The Morgan fingerprint density at radius 2 is 1.67 bits per heavy atom. The summed E-state index contributed by atoms with van der Waals surface area (Å²) in [5.41, 5.74) is 7.36. The molecule has 2 N–H and O–H groups in total. The summed E-state index contributed by atoms with van der Waals surface area (Å²) in [7, 11) is 1.55. The molecule has 0 saturated carbocycles. The van der Waals surface area contributed by atoms with Gasteiger partial charge in [0.1, 0.15) is 6.61 Å². The van der Waals surface area contributed by atoms with Gasteiger partial charge in [0, 0.05) is 6.54 Å². The van der Waals surface area contributed by atoms with Crippen LogP contribution in [0.5, 0.6) is 11.5 Å². The van der Waals surface area contributed by atoms with Gasteiger partial charge in [-0.2, -0.15) is 0 Å². The molecule has 0 unspecified atom stereocenters. The molecule has 0 saturated heterocycles. The first-order chi connectivity index (χ1) is 10.0. The Hall–Kier alpha value is -1.13. The monoisotopic (exact) mass is 345 g/mol. The minimum atomic E-state index is 0.301. The van der Waals surface area contributed by atoms with E-state index in [4.69, 9.17) is 50.0 Å². The molecule has 0 amide bonds. The lowest BCUT2D eigenvalue weighted by Crippen LogP contribution is -2.01. The van der Waals surface area contributed by atoms with Crippen LogP contribution in [0.2, 0.25) is 15.1 Å². The number of benzene rings is 2. The van der Waals surface area contributed by atoms with Crippen LogP contribution in [0.15, 0.2) is 30.3 Å². The maximum absolute atomic E-state index is 6.21. The number of halogens is 3. The number of nitrogens with two attached hydrogens (primary N) is 1. The summed E-state index contributed by atoms with van der Waals surface area (Å²) < 4.78 is 11.0. The molecule has 21 heavy (non-hydrogen) atoms. The lowest BCUT2D eigenvalue weighted by Gasteiger charge is -2.14. The summed E-state index contributed by atoms with van der Waals surface area (Å²) in [6, 6.07) is 8.87. The molecule has 0 bridgehead atoms. The number of hydrogen-bond acceptors (Lipinski definition) is 3. The number of hydrogen-bond donors (Lipinski definition) is 1. The van der Waals surface area contributed by atoms with Gasteiger partial charge in [0.05, 0.1) is 22.2 Å². The molecule has 2 aromatic rings. The fraction of sp³-hybridized carbons (Fsp3) is 0.200. The van der Waals surface area contributed by atoms with Crippen LogP contribution < -0.4 is 15.2 Å². The van der Waals surface area contributed by atoms with Gasteiger partial charge in [-0.25, -0.2) is 0 Å². The van der Waals surface area contributed by atoms with Crippen LogP contribution in [-0.4, -0.2) is 7.11 Å². The van der Waals surface area contributed by atoms with Crippen molar-refractivity contribution in [2.45, 2.75) is 13.2 Å². The van der Waals surface area contributed by atoms with Crippen LogP contribution >= 0.6 is 34.8 Å². The molecular weight excluding hydrogens is 333 g/mol.